The van der Waals surface area contributed by atoms with Crippen LogP contribution in [-0.2, 0) is 26.0 Å². The number of benzene rings is 3. The molecule has 0 aromatic heterocycles. The molecule has 42 heavy (non-hydrogen) atoms. The number of nitrogens with one attached hydrogen (secondary N) is 1. The van der Waals surface area contributed by atoms with E-state index in [4.69, 9.17) is 11.6 Å². The Kier molecular flexibility index (Phi) is 11.0. The van der Waals surface area contributed by atoms with Crippen molar-refractivity contribution >= 4 is 39.1 Å². The maximum Gasteiger partial charge on any atom is 0.264 e. The number of carbonyl (C=O) groups is 2. The van der Waals surface area contributed by atoms with Gasteiger partial charge in [-0.1, -0.05) is 91.9 Å². The van der Waals surface area contributed by atoms with E-state index in [9.17, 15) is 18.0 Å². The van der Waals surface area contributed by atoms with E-state index in [1.165, 1.54) is 24.6 Å². The molecule has 0 heterocycles. The van der Waals surface area contributed by atoms with Crippen molar-refractivity contribution in [2.24, 2.45) is 0 Å². The Bertz CT molecular complexity index is 1440. The molecule has 224 valence electrons. The highest BCUT2D eigenvalue weighted by atomic mass is 35.5. The van der Waals surface area contributed by atoms with Crippen molar-refractivity contribution in [2.45, 2.75) is 75.8 Å². The minimum Gasteiger partial charge on any atom is -0.352 e. The maximum absolute atomic E-state index is 14.2. The quantitative estimate of drug-likeness (QED) is 0.267. The minimum atomic E-state index is -4.13. The number of hydrogen-bond acceptors (Lipinski definition) is 4. The molecular formula is C33H40ClN3O4S. The van der Waals surface area contributed by atoms with Crippen LogP contribution in [0.15, 0.2) is 83.8 Å². The number of amides is 2. The molecule has 0 radical (unpaired) electrons. The smallest absolute Gasteiger partial charge is 0.264 e. The van der Waals surface area contributed by atoms with E-state index in [1.807, 2.05) is 44.2 Å². The van der Waals surface area contributed by atoms with Gasteiger partial charge in [0.25, 0.3) is 10.0 Å². The fourth-order valence-corrected chi connectivity index (χ4v) is 7.03. The van der Waals surface area contributed by atoms with E-state index in [2.05, 4.69) is 5.32 Å². The zero-order valence-electron chi connectivity index (χ0n) is 24.3. The highest BCUT2D eigenvalue weighted by Crippen LogP contribution is 2.27. The molecule has 7 nitrogen and oxygen atoms in total. The summed E-state index contributed by atoms with van der Waals surface area (Å²) in [6, 6.07) is 22.1. The number of hydrogen-bond donors (Lipinski definition) is 1. The summed E-state index contributed by atoms with van der Waals surface area (Å²) in [5.41, 5.74) is 2.22. The summed E-state index contributed by atoms with van der Waals surface area (Å²) in [6.07, 6.45) is 6.10. The third kappa shape index (κ3) is 8.13. The molecule has 1 saturated carbocycles. The molecule has 3 aromatic rings. The Morgan fingerprint density at radius 3 is 2.29 bits per heavy atom. The van der Waals surface area contributed by atoms with Crippen LogP contribution in [0.5, 0.6) is 0 Å². The van der Waals surface area contributed by atoms with Crippen LogP contribution in [0.4, 0.5) is 5.69 Å². The summed E-state index contributed by atoms with van der Waals surface area (Å²) in [6.45, 7) is 3.56. The molecule has 2 amide bonds. The highest BCUT2D eigenvalue weighted by Gasteiger charge is 2.34. The lowest BCUT2D eigenvalue weighted by Gasteiger charge is -2.34. The first-order valence-corrected chi connectivity index (χ1v) is 16.5. The molecular weight excluding hydrogens is 570 g/mol. The van der Waals surface area contributed by atoms with Gasteiger partial charge in [0, 0.05) is 17.6 Å². The summed E-state index contributed by atoms with van der Waals surface area (Å²) < 4.78 is 29.0. The molecule has 1 aliphatic carbocycles. The number of nitrogens with zero attached hydrogens (tertiary/aromatic N) is 2. The predicted octanol–water partition coefficient (Wildman–Crippen LogP) is 6.14. The first-order valence-electron chi connectivity index (χ1n) is 14.7. The van der Waals surface area contributed by atoms with Gasteiger partial charge in [0.05, 0.1) is 10.6 Å². The summed E-state index contributed by atoms with van der Waals surface area (Å²) in [7, 11) is -4.13. The number of rotatable bonds is 12. The second kappa shape index (κ2) is 14.7. The van der Waals surface area contributed by atoms with E-state index >= 15 is 0 Å². The van der Waals surface area contributed by atoms with Crippen molar-refractivity contribution in [3.05, 3.63) is 95.0 Å². The van der Waals surface area contributed by atoms with Crippen molar-refractivity contribution in [3.63, 3.8) is 0 Å². The van der Waals surface area contributed by atoms with Crippen LogP contribution >= 0.6 is 11.6 Å². The molecule has 1 aliphatic rings. The zero-order chi connectivity index (χ0) is 30.1. The van der Waals surface area contributed by atoms with E-state index in [0.717, 1.165) is 41.1 Å². The van der Waals surface area contributed by atoms with Crippen LogP contribution in [0.3, 0.4) is 0 Å². The first kappa shape index (κ1) is 31.6. The monoisotopic (exact) mass is 609 g/mol. The summed E-state index contributed by atoms with van der Waals surface area (Å²) >= 11 is 6.26. The van der Waals surface area contributed by atoms with E-state index in [-0.39, 0.29) is 29.1 Å². The molecule has 0 saturated heterocycles. The normalized spacial score (nSPS) is 14.6. The maximum atomic E-state index is 14.2. The van der Waals surface area contributed by atoms with Gasteiger partial charge in [0.15, 0.2) is 0 Å². The van der Waals surface area contributed by atoms with Gasteiger partial charge in [-0.15, -0.1) is 0 Å². The molecule has 9 heteroatoms. The number of halogens is 1. The third-order valence-corrected chi connectivity index (χ3v) is 9.83. The summed E-state index contributed by atoms with van der Waals surface area (Å²) in [5.74, 6) is -0.645. The van der Waals surface area contributed by atoms with Crippen molar-refractivity contribution in [1.29, 1.82) is 0 Å². The van der Waals surface area contributed by atoms with Crippen LogP contribution in [-0.4, -0.2) is 50.3 Å². The van der Waals surface area contributed by atoms with Crippen molar-refractivity contribution < 1.29 is 18.0 Å². The van der Waals surface area contributed by atoms with Crippen LogP contribution in [0, 0.1) is 6.92 Å². The highest BCUT2D eigenvalue weighted by molar-refractivity contribution is 7.92. The Morgan fingerprint density at radius 2 is 1.64 bits per heavy atom. The largest absolute Gasteiger partial charge is 0.352 e. The number of aryl methyl sites for hydroxylation is 1. The van der Waals surface area contributed by atoms with Gasteiger partial charge in [0.2, 0.25) is 11.8 Å². The molecule has 1 N–H and O–H groups in total. The molecule has 0 unspecified atom stereocenters. The van der Waals surface area contributed by atoms with Gasteiger partial charge in [-0.2, -0.15) is 0 Å². The third-order valence-electron chi connectivity index (χ3n) is 7.81. The second-order valence-corrected chi connectivity index (χ2v) is 13.2. The standard InChI is InChI=1S/C33H40ClN3O4S/c1-3-31(33(39)35-28-14-8-5-9-15-28)36(22-21-26-11-6-4-7-12-26)32(38)24-37(29-16-10-13-27(34)23-29)42(40,41)30-19-17-25(2)18-20-30/h4,6-7,10-13,16-20,23,28,31H,3,5,8-9,14-15,21-22,24H2,1-2H3,(H,35,39)/t31-/m1/s1. The van der Waals surface area contributed by atoms with Gasteiger partial charge < -0.3 is 10.2 Å². The summed E-state index contributed by atoms with van der Waals surface area (Å²) in [5, 5.41) is 3.53. The van der Waals surface area contributed by atoms with Crippen molar-refractivity contribution in [2.75, 3.05) is 17.4 Å². The topological polar surface area (TPSA) is 86.8 Å². The molecule has 1 fully saturated rings. The lowest BCUT2D eigenvalue weighted by molar-refractivity contribution is -0.140. The fraction of sp³-hybridized carbons (Fsp3) is 0.394. The van der Waals surface area contributed by atoms with Gasteiger partial charge in [-0.3, -0.25) is 13.9 Å². The van der Waals surface area contributed by atoms with Crippen LogP contribution in [0.25, 0.3) is 0 Å². The SMILES string of the molecule is CC[C@H](C(=O)NC1CCCCC1)N(CCc1ccccc1)C(=O)CN(c1cccc(Cl)c1)S(=O)(=O)c1ccc(C)cc1. The molecule has 0 aliphatic heterocycles. The first-order chi connectivity index (χ1) is 20.2. The average Bonchev–Trinajstić information content (AvgIpc) is 2.99. The molecule has 4 rings (SSSR count). The predicted molar refractivity (Wildman–Crippen MR) is 168 cm³/mol. The lowest BCUT2D eigenvalue weighted by atomic mass is 9.95. The number of anilines is 1. The van der Waals surface area contributed by atoms with Gasteiger partial charge in [-0.25, -0.2) is 8.42 Å². The Hall–Kier alpha value is -3.36. The zero-order valence-corrected chi connectivity index (χ0v) is 25.9. The average molecular weight is 610 g/mol. The van der Waals surface area contributed by atoms with E-state index in [1.54, 1.807) is 35.2 Å². The number of carbonyl (C=O) groups excluding carboxylic acids is 2. The Morgan fingerprint density at radius 1 is 0.952 bits per heavy atom. The number of sulfonamides is 1. The van der Waals surface area contributed by atoms with Gasteiger partial charge >= 0.3 is 0 Å². The van der Waals surface area contributed by atoms with E-state index < -0.39 is 28.5 Å². The molecule has 1 atom stereocenters. The van der Waals surface area contributed by atoms with Crippen molar-refractivity contribution in [1.82, 2.24) is 10.2 Å². The van der Waals surface area contributed by atoms with Crippen LogP contribution < -0.4 is 9.62 Å². The molecule has 3 aromatic carbocycles. The fourth-order valence-electron chi connectivity index (χ4n) is 5.44. The minimum absolute atomic E-state index is 0.0683. The van der Waals surface area contributed by atoms with Crippen molar-refractivity contribution in [3.8, 4) is 0 Å². The van der Waals surface area contributed by atoms with E-state index in [0.29, 0.717) is 17.9 Å². The van der Waals surface area contributed by atoms with Gasteiger partial charge in [0.1, 0.15) is 12.6 Å². The molecule has 0 bridgehead atoms. The second-order valence-electron chi connectivity index (χ2n) is 10.9. The van der Waals surface area contributed by atoms with Crippen LogP contribution in [0.2, 0.25) is 5.02 Å². The molecule has 0 spiro atoms. The summed E-state index contributed by atoms with van der Waals surface area (Å²) in [4.78, 5) is 29.4. The Balaban J connectivity index is 1.66. The van der Waals surface area contributed by atoms with Gasteiger partial charge in [-0.05, 0) is 68.5 Å². The lowest BCUT2D eigenvalue weighted by Crippen LogP contribution is -2.54. The Labute approximate surface area is 254 Å². The van der Waals surface area contributed by atoms with Crippen LogP contribution in [0.1, 0.15) is 56.6 Å².